The molecule has 0 unspecified atom stereocenters. The van der Waals surface area contributed by atoms with Gasteiger partial charge in [0.15, 0.2) is 5.84 Å². The Hall–Kier alpha value is -2.76. The van der Waals surface area contributed by atoms with Crippen molar-refractivity contribution in [2.45, 2.75) is 6.54 Å². The maximum absolute atomic E-state index is 11.9. The van der Waals surface area contributed by atoms with Crippen LogP contribution in [0, 0.1) is 0 Å². The quantitative estimate of drug-likeness (QED) is 0.333. The summed E-state index contributed by atoms with van der Waals surface area (Å²) in [6.07, 6.45) is 1.54. The van der Waals surface area contributed by atoms with Gasteiger partial charge in [0.05, 0.1) is 12.8 Å². The van der Waals surface area contributed by atoms with Gasteiger partial charge in [-0.15, -0.1) is 0 Å². The Bertz CT molecular complexity index is 591. The Morgan fingerprint density at radius 2 is 2.11 bits per heavy atom. The molecule has 1 heterocycles. The van der Waals surface area contributed by atoms with Gasteiger partial charge in [0.2, 0.25) is 0 Å². The molecule has 1 amide bonds. The maximum atomic E-state index is 11.9. The second-order valence-corrected chi connectivity index (χ2v) is 3.83. The van der Waals surface area contributed by atoms with Crippen molar-refractivity contribution in [3.63, 3.8) is 0 Å². The Kier molecular flexibility index (Phi) is 3.82. The number of amidine groups is 1. The molecule has 0 aliphatic rings. The van der Waals surface area contributed by atoms with E-state index >= 15 is 0 Å². The highest BCUT2D eigenvalue weighted by molar-refractivity contribution is 6.01. The molecule has 1 aromatic heterocycles. The van der Waals surface area contributed by atoms with Crippen LogP contribution in [0.2, 0.25) is 0 Å². The van der Waals surface area contributed by atoms with Gasteiger partial charge in [0, 0.05) is 11.1 Å². The van der Waals surface area contributed by atoms with Gasteiger partial charge in [-0.25, -0.2) is 0 Å². The minimum absolute atomic E-state index is 0.0410. The van der Waals surface area contributed by atoms with Crippen LogP contribution in [0.3, 0.4) is 0 Å². The summed E-state index contributed by atoms with van der Waals surface area (Å²) in [4.78, 5) is 11.9. The fourth-order valence-corrected chi connectivity index (χ4v) is 1.56. The fourth-order valence-electron chi connectivity index (χ4n) is 1.56. The van der Waals surface area contributed by atoms with Gasteiger partial charge in [-0.05, 0) is 24.3 Å². The number of rotatable bonds is 4. The van der Waals surface area contributed by atoms with Crippen molar-refractivity contribution in [2.75, 3.05) is 0 Å². The topological polar surface area (TPSA) is 101 Å². The number of oxime groups is 1. The zero-order valence-corrected chi connectivity index (χ0v) is 10.0. The van der Waals surface area contributed by atoms with E-state index in [1.807, 2.05) is 0 Å². The Balaban J connectivity index is 2.07. The molecule has 0 aliphatic heterocycles. The summed E-state index contributed by atoms with van der Waals surface area (Å²) in [6.45, 7) is 0.305. The average molecular weight is 259 g/mol. The molecule has 0 spiro atoms. The molecule has 0 saturated heterocycles. The third-order valence-electron chi connectivity index (χ3n) is 2.53. The van der Waals surface area contributed by atoms with Crippen molar-refractivity contribution >= 4 is 11.7 Å². The van der Waals surface area contributed by atoms with Crippen LogP contribution >= 0.6 is 0 Å². The van der Waals surface area contributed by atoms with Crippen LogP contribution in [0.4, 0.5) is 0 Å². The number of nitrogens with two attached hydrogens (primary N) is 1. The van der Waals surface area contributed by atoms with Gasteiger partial charge in [-0.2, -0.15) is 0 Å². The normalized spacial score (nSPS) is 11.3. The molecule has 0 bridgehead atoms. The van der Waals surface area contributed by atoms with E-state index in [1.54, 1.807) is 42.7 Å². The summed E-state index contributed by atoms with van der Waals surface area (Å²) in [5.41, 5.74) is 6.37. The maximum Gasteiger partial charge on any atom is 0.251 e. The van der Waals surface area contributed by atoms with Gasteiger partial charge < -0.3 is 20.7 Å². The number of amides is 1. The molecule has 2 aromatic rings. The summed E-state index contributed by atoms with van der Waals surface area (Å²) < 4.78 is 5.11. The predicted molar refractivity (Wildman–Crippen MR) is 68.8 cm³/mol. The minimum atomic E-state index is -0.260. The lowest BCUT2D eigenvalue weighted by atomic mass is 10.1. The first-order valence-electron chi connectivity index (χ1n) is 5.59. The summed E-state index contributed by atoms with van der Waals surface area (Å²) in [7, 11) is 0. The van der Waals surface area contributed by atoms with Crippen LogP contribution in [0.25, 0.3) is 0 Å². The van der Waals surface area contributed by atoms with Crippen molar-refractivity contribution in [3.05, 3.63) is 59.5 Å². The van der Waals surface area contributed by atoms with E-state index in [2.05, 4.69) is 10.5 Å². The average Bonchev–Trinajstić information content (AvgIpc) is 2.97. The highest BCUT2D eigenvalue weighted by Crippen LogP contribution is 2.06. The Labute approximate surface area is 109 Å². The van der Waals surface area contributed by atoms with E-state index in [9.17, 15) is 4.79 Å². The Morgan fingerprint density at radius 1 is 1.32 bits per heavy atom. The molecule has 19 heavy (non-hydrogen) atoms. The Morgan fingerprint density at radius 3 is 2.79 bits per heavy atom. The summed E-state index contributed by atoms with van der Waals surface area (Å²) in [5, 5.41) is 14.2. The molecule has 0 saturated carbocycles. The number of carbonyl (C=O) groups excluding carboxylic acids is 1. The second-order valence-electron chi connectivity index (χ2n) is 3.83. The van der Waals surface area contributed by atoms with Crippen molar-refractivity contribution < 1.29 is 14.4 Å². The summed E-state index contributed by atoms with van der Waals surface area (Å²) in [5.74, 6) is 0.366. The van der Waals surface area contributed by atoms with Crippen molar-refractivity contribution in [3.8, 4) is 0 Å². The molecule has 6 nitrogen and oxygen atoms in total. The third kappa shape index (κ3) is 3.12. The molecule has 6 heteroatoms. The molecule has 0 radical (unpaired) electrons. The molecule has 1 aromatic carbocycles. The summed E-state index contributed by atoms with van der Waals surface area (Å²) >= 11 is 0. The van der Waals surface area contributed by atoms with Gasteiger partial charge in [0.25, 0.3) is 5.91 Å². The van der Waals surface area contributed by atoms with Crippen LogP contribution in [0.5, 0.6) is 0 Å². The van der Waals surface area contributed by atoms with Crippen LogP contribution in [-0.2, 0) is 6.54 Å². The number of nitrogens with one attached hydrogen (secondary N) is 1. The molecular formula is C13H13N3O3. The lowest BCUT2D eigenvalue weighted by Gasteiger charge is -2.05. The first kappa shape index (κ1) is 12.7. The second kappa shape index (κ2) is 5.72. The predicted octanol–water partition coefficient (Wildman–Crippen LogP) is 1.30. The van der Waals surface area contributed by atoms with Gasteiger partial charge in [-0.1, -0.05) is 17.3 Å². The molecule has 0 fully saturated rings. The minimum Gasteiger partial charge on any atom is -0.467 e. The SMILES string of the molecule is N/C(=N\O)c1cccc(C(=O)NCc2ccco2)c1. The largest absolute Gasteiger partial charge is 0.467 e. The van der Waals surface area contributed by atoms with E-state index in [0.29, 0.717) is 23.4 Å². The van der Waals surface area contributed by atoms with Crippen LogP contribution < -0.4 is 11.1 Å². The third-order valence-corrected chi connectivity index (χ3v) is 2.53. The lowest BCUT2D eigenvalue weighted by molar-refractivity contribution is 0.0948. The number of nitrogens with zero attached hydrogens (tertiary/aromatic N) is 1. The smallest absolute Gasteiger partial charge is 0.251 e. The molecule has 4 N–H and O–H groups in total. The van der Waals surface area contributed by atoms with E-state index in [4.69, 9.17) is 15.4 Å². The standard InChI is InChI=1S/C13H13N3O3/c14-12(16-18)9-3-1-4-10(7-9)13(17)15-8-11-5-2-6-19-11/h1-7,18H,8H2,(H2,14,16)(H,15,17). The van der Waals surface area contributed by atoms with E-state index in [1.165, 1.54) is 0 Å². The van der Waals surface area contributed by atoms with Gasteiger partial charge in [-0.3, -0.25) is 4.79 Å². The first-order valence-corrected chi connectivity index (χ1v) is 5.59. The van der Waals surface area contributed by atoms with Crippen molar-refractivity contribution in [1.29, 1.82) is 0 Å². The van der Waals surface area contributed by atoms with Gasteiger partial charge in [0.1, 0.15) is 5.76 Å². The molecule has 98 valence electrons. The molecule has 2 rings (SSSR count). The highest BCUT2D eigenvalue weighted by Gasteiger charge is 2.08. The summed E-state index contributed by atoms with van der Waals surface area (Å²) in [6, 6.07) is 10.0. The molecule has 0 aliphatic carbocycles. The van der Waals surface area contributed by atoms with Crippen molar-refractivity contribution in [2.24, 2.45) is 10.9 Å². The van der Waals surface area contributed by atoms with Crippen LogP contribution in [-0.4, -0.2) is 17.0 Å². The fraction of sp³-hybridized carbons (Fsp3) is 0.0769. The number of carbonyl (C=O) groups is 1. The zero-order chi connectivity index (χ0) is 13.7. The lowest BCUT2D eigenvalue weighted by Crippen LogP contribution is -2.23. The van der Waals surface area contributed by atoms with Crippen molar-refractivity contribution in [1.82, 2.24) is 5.32 Å². The van der Waals surface area contributed by atoms with E-state index in [-0.39, 0.29) is 11.7 Å². The van der Waals surface area contributed by atoms with E-state index < -0.39 is 0 Å². The monoisotopic (exact) mass is 259 g/mol. The number of furan rings is 1. The van der Waals surface area contributed by atoms with Crippen LogP contribution in [0.15, 0.2) is 52.2 Å². The molecular weight excluding hydrogens is 246 g/mol. The zero-order valence-electron chi connectivity index (χ0n) is 10.0. The first-order chi connectivity index (χ1) is 9.20. The van der Waals surface area contributed by atoms with Gasteiger partial charge >= 0.3 is 0 Å². The van der Waals surface area contributed by atoms with Crippen LogP contribution in [0.1, 0.15) is 21.7 Å². The number of hydrogen-bond donors (Lipinski definition) is 3. The number of hydrogen-bond acceptors (Lipinski definition) is 4. The van der Waals surface area contributed by atoms with E-state index in [0.717, 1.165) is 0 Å². The molecule has 0 atom stereocenters. The highest BCUT2D eigenvalue weighted by atomic mass is 16.4. The number of benzene rings is 1.